The molecule has 1 aliphatic heterocycles. The van der Waals surface area contributed by atoms with Gasteiger partial charge < -0.3 is 19.4 Å². The number of aryl methyl sites for hydroxylation is 1. The third-order valence-corrected chi connectivity index (χ3v) is 5.38. The van der Waals surface area contributed by atoms with Crippen LogP contribution >= 0.6 is 0 Å². The van der Waals surface area contributed by atoms with Crippen LogP contribution in [0.25, 0.3) is 11.0 Å². The van der Waals surface area contributed by atoms with E-state index in [2.05, 4.69) is 38.2 Å². The summed E-state index contributed by atoms with van der Waals surface area (Å²) in [5, 5.41) is 3.36. The Morgan fingerprint density at radius 3 is 2.68 bits per heavy atom. The maximum absolute atomic E-state index is 11.9. The number of morpholine rings is 1. The van der Waals surface area contributed by atoms with Crippen LogP contribution in [0.4, 0.5) is 0 Å². The molecule has 0 aliphatic carbocycles. The maximum atomic E-state index is 11.9. The highest BCUT2D eigenvalue weighted by Crippen LogP contribution is 2.18. The predicted molar refractivity (Wildman–Crippen MR) is 98.0 cm³/mol. The predicted octanol–water partition coefficient (Wildman–Crippen LogP) is 0.113. The van der Waals surface area contributed by atoms with E-state index in [0.717, 1.165) is 56.8 Å². The normalized spacial score (nSPS) is 16.4. The molecule has 2 heterocycles. The minimum Gasteiger partial charge on any atom is -0.423 e. The summed E-state index contributed by atoms with van der Waals surface area (Å²) in [6.45, 7) is 12.4. The fourth-order valence-electron chi connectivity index (χ4n) is 3.69. The van der Waals surface area contributed by atoms with E-state index >= 15 is 0 Å². The third kappa shape index (κ3) is 4.29. The van der Waals surface area contributed by atoms with Gasteiger partial charge in [-0.05, 0) is 31.9 Å². The molecule has 1 aromatic heterocycles. The zero-order valence-electron chi connectivity index (χ0n) is 15.6. The van der Waals surface area contributed by atoms with Crippen LogP contribution in [0.15, 0.2) is 33.5 Å². The van der Waals surface area contributed by atoms with Crippen LogP contribution in [-0.4, -0.2) is 38.4 Å². The number of rotatable bonds is 6. The lowest BCUT2D eigenvalue weighted by Crippen LogP contribution is -3.23. The van der Waals surface area contributed by atoms with Crippen molar-refractivity contribution in [3.05, 3.63) is 45.8 Å². The van der Waals surface area contributed by atoms with Crippen molar-refractivity contribution in [2.75, 3.05) is 32.8 Å². The van der Waals surface area contributed by atoms with E-state index in [1.165, 1.54) is 5.56 Å². The van der Waals surface area contributed by atoms with Crippen LogP contribution in [-0.2, 0) is 17.7 Å². The van der Waals surface area contributed by atoms with Crippen molar-refractivity contribution in [2.45, 2.75) is 39.3 Å². The van der Waals surface area contributed by atoms with Crippen LogP contribution in [0.5, 0.6) is 0 Å². The van der Waals surface area contributed by atoms with Crippen molar-refractivity contribution in [1.82, 2.24) is 0 Å². The molecule has 0 unspecified atom stereocenters. The second-order valence-electron chi connectivity index (χ2n) is 7.57. The molecular weight excluding hydrogens is 316 g/mol. The number of benzene rings is 1. The number of quaternary nitrogens is 2. The highest BCUT2D eigenvalue weighted by molar-refractivity contribution is 5.80. The Balaban J connectivity index is 1.71. The van der Waals surface area contributed by atoms with Crippen molar-refractivity contribution in [2.24, 2.45) is 0 Å². The van der Waals surface area contributed by atoms with Gasteiger partial charge in [0, 0.05) is 17.0 Å². The Morgan fingerprint density at radius 1 is 1.20 bits per heavy atom. The Bertz CT molecular complexity index is 776. The molecule has 0 bridgehead atoms. The topological polar surface area (TPSA) is 60.5 Å². The van der Waals surface area contributed by atoms with E-state index < -0.39 is 0 Å². The van der Waals surface area contributed by atoms with Crippen LogP contribution < -0.4 is 15.8 Å². The standard InChI is InChI=1S/C20H28N2O3/c1-4-15-5-6-17-16(12-19(23)25-18(17)11-15)13-21-14-20(2,3)22-7-9-24-10-8-22/h5-6,11-12,21H,4,7-10,13-14H2,1-3H3/p+2. The zero-order valence-corrected chi connectivity index (χ0v) is 15.6. The monoisotopic (exact) mass is 346 g/mol. The van der Waals surface area contributed by atoms with Gasteiger partial charge in [-0.25, -0.2) is 4.79 Å². The van der Waals surface area contributed by atoms with Crippen molar-refractivity contribution in [3.63, 3.8) is 0 Å². The van der Waals surface area contributed by atoms with Gasteiger partial charge in [0.05, 0.1) is 13.2 Å². The largest absolute Gasteiger partial charge is 0.423 e. The first kappa shape index (κ1) is 18.1. The lowest BCUT2D eigenvalue weighted by Gasteiger charge is -2.36. The van der Waals surface area contributed by atoms with Crippen LogP contribution in [0.2, 0.25) is 0 Å². The smallest absolute Gasteiger partial charge is 0.336 e. The molecule has 1 aliphatic rings. The lowest BCUT2D eigenvalue weighted by atomic mass is 10.0. The minimum absolute atomic E-state index is 0.189. The SMILES string of the molecule is CCc1ccc2c(C[NH2+]CC(C)(C)[NH+]3CCOCC3)cc(=O)oc2c1. The molecule has 2 aromatic rings. The van der Waals surface area contributed by atoms with Gasteiger partial charge in [0.1, 0.15) is 37.3 Å². The molecule has 0 atom stereocenters. The number of hydrogen-bond donors (Lipinski definition) is 2. The molecule has 1 saturated heterocycles. The summed E-state index contributed by atoms with van der Waals surface area (Å²) in [4.78, 5) is 13.5. The number of nitrogens with two attached hydrogens (primary N) is 1. The first-order valence-electron chi connectivity index (χ1n) is 9.30. The fourth-order valence-corrected chi connectivity index (χ4v) is 3.69. The average Bonchev–Trinajstić information content (AvgIpc) is 2.61. The molecule has 0 amide bonds. The summed E-state index contributed by atoms with van der Waals surface area (Å²) in [5.41, 5.74) is 2.88. The van der Waals surface area contributed by atoms with Gasteiger partial charge in [-0.15, -0.1) is 0 Å². The Hall–Kier alpha value is -1.69. The van der Waals surface area contributed by atoms with Gasteiger partial charge in [-0.1, -0.05) is 19.1 Å². The highest BCUT2D eigenvalue weighted by atomic mass is 16.5. The molecule has 25 heavy (non-hydrogen) atoms. The van der Waals surface area contributed by atoms with Crippen molar-refractivity contribution >= 4 is 11.0 Å². The Morgan fingerprint density at radius 2 is 1.96 bits per heavy atom. The van der Waals surface area contributed by atoms with Crippen LogP contribution in [0, 0.1) is 0 Å². The first-order chi connectivity index (χ1) is 12.0. The molecule has 0 spiro atoms. The van der Waals surface area contributed by atoms with E-state index in [-0.39, 0.29) is 11.2 Å². The second kappa shape index (κ2) is 7.68. The average molecular weight is 346 g/mol. The van der Waals surface area contributed by atoms with Crippen molar-refractivity contribution in [3.8, 4) is 0 Å². The van der Waals surface area contributed by atoms with Gasteiger partial charge in [-0.2, -0.15) is 0 Å². The zero-order chi connectivity index (χ0) is 17.9. The molecule has 3 rings (SSSR count). The second-order valence-corrected chi connectivity index (χ2v) is 7.57. The van der Waals surface area contributed by atoms with Gasteiger partial charge in [0.25, 0.3) is 0 Å². The summed E-state index contributed by atoms with van der Waals surface area (Å²) < 4.78 is 10.9. The molecule has 136 valence electrons. The first-order valence-corrected chi connectivity index (χ1v) is 9.30. The van der Waals surface area contributed by atoms with Crippen molar-refractivity contribution < 1.29 is 19.4 Å². The van der Waals surface area contributed by atoms with E-state index in [1.807, 2.05) is 6.07 Å². The van der Waals surface area contributed by atoms with Gasteiger partial charge in [0.15, 0.2) is 0 Å². The summed E-state index contributed by atoms with van der Waals surface area (Å²) in [6, 6.07) is 7.83. The Labute approximate surface area is 149 Å². The van der Waals surface area contributed by atoms with Gasteiger partial charge >= 0.3 is 5.63 Å². The third-order valence-electron chi connectivity index (χ3n) is 5.38. The summed E-state index contributed by atoms with van der Waals surface area (Å²) in [6.07, 6.45) is 0.937. The summed E-state index contributed by atoms with van der Waals surface area (Å²) >= 11 is 0. The molecular formula is C20H30N2O3+2. The number of ether oxygens (including phenoxy) is 1. The molecule has 0 radical (unpaired) electrons. The molecule has 3 N–H and O–H groups in total. The van der Waals surface area contributed by atoms with Gasteiger partial charge in [0.2, 0.25) is 0 Å². The maximum Gasteiger partial charge on any atom is 0.336 e. The van der Waals surface area contributed by atoms with Gasteiger partial charge in [-0.3, -0.25) is 0 Å². The van der Waals surface area contributed by atoms with Crippen molar-refractivity contribution in [1.29, 1.82) is 0 Å². The van der Waals surface area contributed by atoms with E-state index in [1.54, 1.807) is 11.0 Å². The van der Waals surface area contributed by atoms with E-state index in [0.29, 0.717) is 5.58 Å². The molecule has 1 fully saturated rings. The number of fused-ring (bicyclic) bond motifs is 1. The van der Waals surface area contributed by atoms with Crippen LogP contribution in [0.3, 0.4) is 0 Å². The van der Waals surface area contributed by atoms with E-state index in [9.17, 15) is 4.79 Å². The molecule has 5 nitrogen and oxygen atoms in total. The Kier molecular flexibility index (Phi) is 5.57. The summed E-state index contributed by atoms with van der Waals surface area (Å²) in [5.74, 6) is 0. The van der Waals surface area contributed by atoms with E-state index in [4.69, 9.17) is 9.15 Å². The molecule has 5 heteroatoms. The number of hydrogen-bond acceptors (Lipinski definition) is 3. The summed E-state index contributed by atoms with van der Waals surface area (Å²) in [7, 11) is 0. The quantitative estimate of drug-likeness (QED) is 0.730. The molecule has 0 saturated carbocycles. The molecule has 1 aromatic carbocycles. The number of nitrogens with one attached hydrogen (secondary N) is 1. The fraction of sp³-hybridized carbons (Fsp3) is 0.550. The minimum atomic E-state index is -0.262. The highest BCUT2D eigenvalue weighted by Gasteiger charge is 2.33. The van der Waals surface area contributed by atoms with Crippen LogP contribution in [0.1, 0.15) is 31.9 Å². The lowest BCUT2D eigenvalue weighted by molar-refractivity contribution is -0.969.